The van der Waals surface area contributed by atoms with Crippen LogP contribution in [0.2, 0.25) is 0 Å². The number of aryl methyl sites for hydroxylation is 2. The molecule has 2 heterocycles. The molecular formula is C10H10N2O3. The zero-order chi connectivity index (χ0) is 11.0. The van der Waals surface area contributed by atoms with Gasteiger partial charge in [-0.05, 0) is 19.1 Å². The number of hydrogen-bond acceptors (Lipinski definition) is 3. The summed E-state index contributed by atoms with van der Waals surface area (Å²) in [5.74, 6) is 0.359. The van der Waals surface area contributed by atoms with E-state index in [9.17, 15) is 4.79 Å². The molecule has 0 aromatic carbocycles. The van der Waals surface area contributed by atoms with Crippen LogP contribution in [0.4, 0.5) is 0 Å². The number of rotatable bonds is 2. The second kappa shape index (κ2) is 3.27. The van der Waals surface area contributed by atoms with E-state index < -0.39 is 5.97 Å². The molecular weight excluding hydrogens is 196 g/mol. The van der Waals surface area contributed by atoms with Gasteiger partial charge in [-0.2, -0.15) is 5.10 Å². The first-order valence-electron chi connectivity index (χ1n) is 4.42. The third-order valence-electron chi connectivity index (χ3n) is 2.09. The van der Waals surface area contributed by atoms with Crippen LogP contribution >= 0.6 is 0 Å². The Morgan fingerprint density at radius 1 is 1.53 bits per heavy atom. The molecule has 0 bridgehead atoms. The number of aromatic carboxylic acids is 1. The Kier molecular flexibility index (Phi) is 2.07. The van der Waals surface area contributed by atoms with Crippen LogP contribution in [0.25, 0.3) is 11.5 Å². The summed E-state index contributed by atoms with van der Waals surface area (Å²) in [5.41, 5.74) is 0.669. The minimum atomic E-state index is -1.04. The molecule has 0 atom stereocenters. The van der Waals surface area contributed by atoms with Gasteiger partial charge in [0.25, 0.3) is 0 Å². The summed E-state index contributed by atoms with van der Waals surface area (Å²) in [4.78, 5) is 10.7. The smallest absolute Gasteiger partial charge is 0.356 e. The highest BCUT2D eigenvalue weighted by Gasteiger charge is 2.14. The lowest BCUT2D eigenvalue weighted by molar-refractivity contribution is 0.0689. The molecule has 0 spiro atoms. The monoisotopic (exact) mass is 206 g/mol. The molecule has 0 unspecified atom stereocenters. The molecule has 0 aliphatic heterocycles. The Balaban J connectivity index is 2.49. The van der Waals surface area contributed by atoms with E-state index in [1.165, 1.54) is 10.7 Å². The summed E-state index contributed by atoms with van der Waals surface area (Å²) >= 11 is 0. The fourth-order valence-corrected chi connectivity index (χ4v) is 1.37. The van der Waals surface area contributed by atoms with Gasteiger partial charge in [-0.25, -0.2) is 4.79 Å². The molecule has 0 aliphatic rings. The Morgan fingerprint density at radius 2 is 2.27 bits per heavy atom. The maximum Gasteiger partial charge on any atom is 0.356 e. The number of carboxylic acids is 1. The lowest BCUT2D eigenvalue weighted by Crippen LogP contribution is -1.99. The molecule has 0 saturated carbocycles. The minimum Gasteiger partial charge on any atom is -0.476 e. The van der Waals surface area contributed by atoms with Gasteiger partial charge >= 0.3 is 5.97 Å². The molecule has 78 valence electrons. The van der Waals surface area contributed by atoms with Crippen LogP contribution in [0.1, 0.15) is 16.2 Å². The van der Waals surface area contributed by atoms with E-state index in [4.69, 9.17) is 9.52 Å². The van der Waals surface area contributed by atoms with Crippen LogP contribution in [0.5, 0.6) is 0 Å². The van der Waals surface area contributed by atoms with Crippen molar-refractivity contribution in [2.75, 3.05) is 0 Å². The first-order chi connectivity index (χ1) is 7.08. The number of nitrogens with zero attached hydrogens (tertiary/aromatic N) is 2. The van der Waals surface area contributed by atoms with E-state index in [1.807, 2.05) is 13.0 Å². The lowest BCUT2D eigenvalue weighted by atomic mass is 10.3. The molecule has 15 heavy (non-hydrogen) atoms. The minimum absolute atomic E-state index is 0.0153. The van der Waals surface area contributed by atoms with E-state index in [0.717, 1.165) is 5.76 Å². The first kappa shape index (κ1) is 9.51. The Hall–Kier alpha value is -2.04. The van der Waals surface area contributed by atoms with Crippen molar-refractivity contribution in [2.24, 2.45) is 7.05 Å². The second-order valence-corrected chi connectivity index (χ2v) is 3.25. The van der Waals surface area contributed by atoms with E-state index in [1.54, 1.807) is 13.1 Å². The predicted molar refractivity (Wildman–Crippen MR) is 52.6 cm³/mol. The van der Waals surface area contributed by atoms with E-state index >= 15 is 0 Å². The number of hydrogen-bond donors (Lipinski definition) is 1. The largest absolute Gasteiger partial charge is 0.476 e. The van der Waals surface area contributed by atoms with Gasteiger partial charge < -0.3 is 9.52 Å². The van der Waals surface area contributed by atoms with E-state index in [2.05, 4.69) is 5.10 Å². The third kappa shape index (κ3) is 1.63. The van der Waals surface area contributed by atoms with Gasteiger partial charge in [-0.3, -0.25) is 4.68 Å². The van der Waals surface area contributed by atoms with Crippen LogP contribution in [-0.2, 0) is 7.05 Å². The van der Waals surface area contributed by atoms with Crippen molar-refractivity contribution >= 4 is 5.97 Å². The summed E-state index contributed by atoms with van der Waals surface area (Å²) in [5, 5.41) is 12.6. The van der Waals surface area contributed by atoms with E-state index in [-0.39, 0.29) is 5.69 Å². The molecule has 2 aromatic heterocycles. The SMILES string of the molecule is Cc1ccc(-c2cc(C(=O)O)nn2C)o1. The number of aromatic nitrogens is 2. The lowest BCUT2D eigenvalue weighted by Gasteiger charge is -1.95. The number of furan rings is 1. The molecule has 0 amide bonds. The van der Waals surface area contributed by atoms with Crippen LogP contribution in [0.3, 0.4) is 0 Å². The average molecular weight is 206 g/mol. The van der Waals surface area contributed by atoms with Crippen molar-refractivity contribution in [2.45, 2.75) is 6.92 Å². The van der Waals surface area contributed by atoms with Crippen molar-refractivity contribution in [3.05, 3.63) is 29.7 Å². The highest BCUT2D eigenvalue weighted by Crippen LogP contribution is 2.22. The molecule has 0 fully saturated rings. The zero-order valence-corrected chi connectivity index (χ0v) is 8.39. The molecule has 0 aliphatic carbocycles. The summed E-state index contributed by atoms with van der Waals surface area (Å²) < 4.78 is 6.88. The fraction of sp³-hybridized carbons (Fsp3) is 0.200. The highest BCUT2D eigenvalue weighted by molar-refractivity contribution is 5.86. The number of carboxylic acid groups (broad SMARTS) is 1. The summed E-state index contributed by atoms with van der Waals surface area (Å²) in [6.45, 7) is 1.83. The van der Waals surface area contributed by atoms with Crippen LogP contribution < -0.4 is 0 Å². The maximum absolute atomic E-state index is 10.7. The maximum atomic E-state index is 10.7. The highest BCUT2D eigenvalue weighted by atomic mass is 16.4. The predicted octanol–water partition coefficient (Wildman–Crippen LogP) is 1.69. The molecule has 2 aromatic rings. The molecule has 5 heteroatoms. The topological polar surface area (TPSA) is 68.3 Å². The molecule has 5 nitrogen and oxygen atoms in total. The average Bonchev–Trinajstić information content (AvgIpc) is 2.71. The van der Waals surface area contributed by atoms with Crippen molar-refractivity contribution < 1.29 is 14.3 Å². The Morgan fingerprint density at radius 3 is 2.73 bits per heavy atom. The second-order valence-electron chi connectivity index (χ2n) is 3.25. The van der Waals surface area contributed by atoms with Crippen LogP contribution in [0, 0.1) is 6.92 Å². The summed E-state index contributed by atoms with van der Waals surface area (Å²) in [7, 11) is 1.68. The van der Waals surface area contributed by atoms with E-state index in [0.29, 0.717) is 11.5 Å². The van der Waals surface area contributed by atoms with Gasteiger partial charge in [0.1, 0.15) is 11.5 Å². The van der Waals surface area contributed by atoms with Crippen LogP contribution in [-0.4, -0.2) is 20.9 Å². The standard InChI is InChI=1S/C10H10N2O3/c1-6-3-4-9(15-6)8-5-7(10(13)14)11-12(8)2/h3-5H,1-2H3,(H,13,14). The fourth-order valence-electron chi connectivity index (χ4n) is 1.37. The molecule has 1 N–H and O–H groups in total. The Bertz CT molecular complexity index is 510. The Labute approximate surface area is 85.9 Å². The molecule has 0 saturated heterocycles. The van der Waals surface area contributed by atoms with Gasteiger partial charge in [-0.1, -0.05) is 0 Å². The van der Waals surface area contributed by atoms with Gasteiger partial charge in [0.2, 0.25) is 0 Å². The van der Waals surface area contributed by atoms with Gasteiger partial charge in [-0.15, -0.1) is 0 Å². The van der Waals surface area contributed by atoms with Gasteiger partial charge in [0.05, 0.1) is 0 Å². The van der Waals surface area contributed by atoms with Crippen molar-refractivity contribution in [1.29, 1.82) is 0 Å². The quantitative estimate of drug-likeness (QED) is 0.811. The number of carbonyl (C=O) groups is 1. The van der Waals surface area contributed by atoms with Crippen LogP contribution in [0.15, 0.2) is 22.6 Å². The van der Waals surface area contributed by atoms with Crippen molar-refractivity contribution in [1.82, 2.24) is 9.78 Å². The summed E-state index contributed by atoms with van der Waals surface area (Å²) in [6.07, 6.45) is 0. The zero-order valence-electron chi connectivity index (χ0n) is 8.39. The summed E-state index contributed by atoms with van der Waals surface area (Å²) in [6, 6.07) is 5.10. The van der Waals surface area contributed by atoms with Crippen molar-refractivity contribution in [3.8, 4) is 11.5 Å². The van der Waals surface area contributed by atoms with Crippen molar-refractivity contribution in [3.63, 3.8) is 0 Å². The first-order valence-corrected chi connectivity index (χ1v) is 4.42. The molecule has 0 radical (unpaired) electrons. The van der Waals surface area contributed by atoms with Gasteiger partial charge in [0.15, 0.2) is 11.5 Å². The normalized spacial score (nSPS) is 10.5. The molecule has 2 rings (SSSR count). The third-order valence-corrected chi connectivity index (χ3v) is 2.09. The van der Waals surface area contributed by atoms with Gasteiger partial charge in [0, 0.05) is 13.1 Å².